The molecule has 0 aliphatic heterocycles. The summed E-state index contributed by atoms with van der Waals surface area (Å²) >= 11 is 2.34. The van der Waals surface area contributed by atoms with E-state index < -0.39 is 17.2 Å². The van der Waals surface area contributed by atoms with Gasteiger partial charge in [0, 0.05) is 0 Å². The molecule has 7 heteroatoms. The van der Waals surface area contributed by atoms with Crippen LogP contribution in [-0.2, 0) is 27.4 Å². The fourth-order valence-electron chi connectivity index (χ4n) is 0. The van der Waals surface area contributed by atoms with Gasteiger partial charge in [0.05, 0.1) is 0 Å². The molecule has 0 spiro atoms. The van der Waals surface area contributed by atoms with E-state index in [0.29, 0.717) is 0 Å². The summed E-state index contributed by atoms with van der Waals surface area (Å²) in [5.41, 5.74) is 0. The van der Waals surface area contributed by atoms with E-state index in [9.17, 15) is 0 Å². The van der Waals surface area contributed by atoms with Crippen LogP contribution in [0.5, 0.6) is 0 Å². The summed E-state index contributed by atoms with van der Waals surface area (Å²) in [5.74, 6) is 0. The minimum absolute atomic E-state index is 0. The quantitative estimate of drug-likeness (QED) is 0.366. The second-order valence-electron chi connectivity index (χ2n) is 0.204. The van der Waals surface area contributed by atoms with Gasteiger partial charge in [0.25, 0.3) is 0 Å². The standard InChI is InChI=1S/Mo.3O.H2S2.Sn.H/c;;;;1-2;;/h;;;;1-2H;;. The number of hydrogen-bond acceptors (Lipinski definition) is 5. The van der Waals surface area contributed by atoms with Crippen LogP contribution in [-0.4, -0.2) is 23.9 Å². The first-order chi connectivity index (χ1) is 2.73. The normalized spacial score (nSPS) is 4.29. The second-order valence-corrected chi connectivity index (χ2v) is 1.21. The van der Waals surface area contributed by atoms with Gasteiger partial charge in [0.15, 0.2) is 0 Å². The van der Waals surface area contributed by atoms with Crippen molar-refractivity contribution in [2.45, 2.75) is 0 Å². The summed E-state index contributed by atoms with van der Waals surface area (Å²) in [6.07, 6.45) is 0. The van der Waals surface area contributed by atoms with Crippen molar-refractivity contribution in [2.24, 2.45) is 0 Å². The molecular formula is H3MoO3S2Sn. The monoisotopic (exact) mass is 333 g/mol. The molecule has 0 atom stereocenters. The molecule has 0 saturated heterocycles. The topological polar surface area (TPSA) is 51.2 Å². The molecule has 3 radical (unpaired) electrons. The van der Waals surface area contributed by atoms with E-state index in [4.69, 9.17) is 10.2 Å². The number of thiol groups is 2. The first-order valence-corrected chi connectivity index (χ1v) is 4.76. The zero-order chi connectivity index (χ0) is 5.58. The summed E-state index contributed by atoms with van der Waals surface area (Å²) < 4.78 is 25.8. The van der Waals surface area contributed by atoms with Crippen molar-refractivity contribution in [1.82, 2.24) is 0 Å². The molecule has 0 unspecified atom stereocenters. The Hall–Kier alpha value is 1.59. The minimum atomic E-state index is -4.11. The van der Waals surface area contributed by atoms with Crippen LogP contribution in [0.1, 0.15) is 0 Å². The van der Waals surface area contributed by atoms with Crippen LogP contribution in [0.2, 0.25) is 0 Å². The van der Waals surface area contributed by atoms with Crippen molar-refractivity contribution < 1.29 is 27.4 Å². The molecule has 0 aromatic carbocycles. The molecule has 0 aliphatic carbocycles. The van der Waals surface area contributed by atoms with E-state index >= 15 is 0 Å². The van der Waals surface area contributed by atoms with Crippen molar-refractivity contribution in [1.29, 1.82) is 0 Å². The van der Waals surface area contributed by atoms with E-state index in [2.05, 4.69) is 23.3 Å². The second kappa shape index (κ2) is 15.6. The van der Waals surface area contributed by atoms with Gasteiger partial charge in [0.2, 0.25) is 0 Å². The molecule has 0 fully saturated rings. The fourth-order valence-corrected chi connectivity index (χ4v) is 0. The molecule has 0 bridgehead atoms. The molecule has 0 aliphatic rings. The Morgan fingerprint density at radius 1 is 1.00 bits per heavy atom. The Kier molecular flexibility index (Phi) is 35.4. The van der Waals surface area contributed by atoms with Gasteiger partial charge in [-0.3, -0.25) is 0 Å². The third kappa shape index (κ3) is 94.0. The van der Waals surface area contributed by atoms with Crippen LogP contribution in [0, 0.1) is 0 Å². The van der Waals surface area contributed by atoms with Gasteiger partial charge in [-0.15, -0.1) is 23.3 Å². The Morgan fingerprint density at radius 2 is 1.00 bits per heavy atom. The van der Waals surface area contributed by atoms with E-state index in [-0.39, 0.29) is 23.9 Å². The van der Waals surface area contributed by atoms with Crippen molar-refractivity contribution in [3.8, 4) is 0 Å². The predicted molar refractivity (Wildman–Crippen MR) is 27.2 cm³/mol. The van der Waals surface area contributed by atoms with Crippen molar-refractivity contribution >= 4 is 47.2 Å². The van der Waals surface area contributed by atoms with E-state index in [1.807, 2.05) is 0 Å². The fraction of sp³-hybridized carbons (Fsp3) is 0. The zero-order valence-corrected chi connectivity index (χ0v) is 10.2. The van der Waals surface area contributed by atoms with Gasteiger partial charge in [-0.2, -0.15) is 0 Å². The Morgan fingerprint density at radius 3 is 1.00 bits per heavy atom. The molecule has 0 rings (SSSR count). The third-order valence-electron chi connectivity index (χ3n) is 0. The maximum absolute atomic E-state index is 8.59. The van der Waals surface area contributed by atoms with E-state index in [0.717, 1.165) is 0 Å². The SMILES string of the molecule is SS.[O]=[Mo](=[O])=[O].[SnH]. The van der Waals surface area contributed by atoms with E-state index in [1.165, 1.54) is 0 Å². The molecule has 7 heavy (non-hydrogen) atoms. The average molecular weight is 330 g/mol. The van der Waals surface area contributed by atoms with Gasteiger partial charge >= 0.3 is 51.3 Å². The van der Waals surface area contributed by atoms with Gasteiger partial charge in [-0.25, -0.2) is 0 Å². The number of hydrogen-bond donors (Lipinski definition) is 2. The first kappa shape index (κ1) is 15.8. The zero-order valence-electron chi connectivity index (χ0n) is 3.10. The van der Waals surface area contributed by atoms with Crippen molar-refractivity contribution in [3.05, 3.63) is 0 Å². The van der Waals surface area contributed by atoms with Crippen LogP contribution in [0.4, 0.5) is 0 Å². The Labute approximate surface area is 73.9 Å². The summed E-state index contributed by atoms with van der Waals surface area (Å²) in [4.78, 5) is 0. The average Bonchev–Trinajstić information content (AvgIpc) is 1.41. The molecule has 0 saturated carbocycles. The molecule has 0 aromatic rings. The Balaban J connectivity index is -0.0000000480. The van der Waals surface area contributed by atoms with Crippen LogP contribution in [0.25, 0.3) is 0 Å². The molecular weight excluding hydrogens is 327 g/mol. The molecule has 3 nitrogen and oxygen atoms in total. The molecule has 0 heterocycles. The summed E-state index contributed by atoms with van der Waals surface area (Å²) in [6.45, 7) is 0. The molecule has 0 aromatic heterocycles. The van der Waals surface area contributed by atoms with Gasteiger partial charge in [-0.1, -0.05) is 0 Å². The molecule has 43 valence electrons. The van der Waals surface area contributed by atoms with Crippen molar-refractivity contribution in [2.75, 3.05) is 0 Å². The van der Waals surface area contributed by atoms with Crippen LogP contribution < -0.4 is 0 Å². The van der Waals surface area contributed by atoms with Crippen LogP contribution in [0.15, 0.2) is 0 Å². The van der Waals surface area contributed by atoms with Crippen LogP contribution in [0.3, 0.4) is 0 Å². The summed E-state index contributed by atoms with van der Waals surface area (Å²) in [7, 11) is 0. The molecule has 0 amide bonds. The third-order valence-corrected chi connectivity index (χ3v) is 0. The maximum atomic E-state index is 8.59. The van der Waals surface area contributed by atoms with Crippen LogP contribution >= 0.6 is 23.3 Å². The summed E-state index contributed by atoms with van der Waals surface area (Å²) in [6, 6.07) is 0. The van der Waals surface area contributed by atoms with Gasteiger partial charge in [0.1, 0.15) is 0 Å². The first-order valence-electron chi connectivity index (χ1n) is 0.700. The van der Waals surface area contributed by atoms with Gasteiger partial charge < -0.3 is 0 Å². The number of rotatable bonds is 0. The molecule has 0 N–H and O–H groups in total. The Bertz CT molecular complexity index is 82.3. The summed E-state index contributed by atoms with van der Waals surface area (Å²) in [5, 5.41) is 0. The van der Waals surface area contributed by atoms with E-state index in [1.54, 1.807) is 0 Å². The predicted octanol–water partition coefficient (Wildman–Crippen LogP) is -0.246. The van der Waals surface area contributed by atoms with Crippen molar-refractivity contribution in [3.63, 3.8) is 0 Å². The van der Waals surface area contributed by atoms with Gasteiger partial charge in [-0.05, 0) is 0 Å².